The molecular weight excluding hydrogens is 226 g/mol. The number of rotatable bonds is 1. The Kier molecular flexibility index (Phi) is 5.01. The monoisotopic (exact) mass is 239 g/mol. The summed E-state index contributed by atoms with van der Waals surface area (Å²) in [5.41, 5.74) is 7.35. The molecular formula is C15H13NO2. The topological polar surface area (TPSA) is 63.3 Å². The lowest BCUT2D eigenvalue weighted by Crippen LogP contribution is -1.93. The lowest BCUT2D eigenvalue weighted by Gasteiger charge is -1.89. The second-order valence-electron chi connectivity index (χ2n) is 3.44. The molecule has 3 heteroatoms. The van der Waals surface area contributed by atoms with Gasteiger partial charge in [0.2, 0.25) is 0 Å². The summed E-state index contributed by atoms with van der Waals surface area (Å²) < 4.78 is 0. The molecule has 2 aromatic carbocycles. The number of hydrogen-bond donors (Lipinski definition) is 2. The molecule has 0 saturated carbocycles. The number of aromatic carboxylic acids is 1. The van der Waals surface area contributed by atoms with Crippen molar-refractivity contribution in [3.63, 3.8) is 0 Å². The second kappa shape index (κ2) is 6.77. The molecule has 2 aromatic rings. The van der Waals surface area contributed by atoms with E-state index in [0.717, 1.165) is 11.3 Å². The summed E-state index contributed by atoms with van der Waals surface area (Å²) in [7, 11) is 0. The minimum atomic E-state index is -0.879. The molecule has 0 amide bonds. The molecule has 0 heterocycles. The molecule has 0 saturated heterocycles. The van der Waals surface area contributed by atoms with Crippen LogP contribution in [0.25, 0.3) is 0 Å². The van der Waals surface area contributed by atoms with Crippen molar-refractivity contribution in [1.82, 2.24) is 0 Å². The van der Waals surface area contributed by atoms with E-state index in [-0.39, 0.29) is 0 Å². The van der Waals surface area contributed by atoms with Crippen LogP contribution in [-0.4, -0.2) is 11.1 Å². The predicted molar refractivity (Wildman–Crippen MR) is 72.2 cm³/mol. The summed E-state index contributed by atoms with van der Waals surface area (Å²) in [5, 5.41) is 8.38. The average Bonchev–Trinajstić information content (AvgIpc) is 2.41. The Bertz CT molecular complexity index is 539. The predicted octanol–water partition coefficient (Wildman–Crippen LogP) is 2.63. The molecule has 0 aliphatic carbocycles. The minimum Gasteiger partial charge on any atom is -0.478 e. The van der Waals surface area contributed by atoms with Crippen molar-refractivity contribution < 1.29 is 9.90 Å². The highest BCUT2D eigenvalue weighted by Crippen LogP contribution is 2.02. The molecule has 0 bridgehead atoms. The first-order chi connectivity index (χ1) is 8.63. The van der Waals surface area contributed by atoms with E-state index in [0.29, 0.717) is 5.56 Å². The van der Waals surface area contributed by atoms with Gasteiger partial charge in [-0.3, -0.25) is 0 Å². The molecule has 90 valence electrons. The largest absolute Gasteiger partial charge is 0.478 e. The van der Waals surface area contributed by atoms with Crippen LogP contribution in [0.1, 0.15) is 15.9 Å². The Morgan fingerprint density at radius 2 is 1.61 bits per heavy atom. The summed E-state index contributed by atoms with van der Waals surface area (Å²) in [5.74, 6) is 1.62. The van der Waals surface area contributed by atoms with Gasteiger partial charge in [0.1, 0.15) is 0 Å². The number of carbonyl (C=O) groups is 1. The number of nitrogen functional groups attached to an aromatic ring is 1. The normalized spacial score (nSPS) is 8.61. The number of carboxylic acid groups (broad SMARTS) is 1. The highest BCUT2D eigenvalue weighted by atomic mass is 16.4. The first-order valence-electron chi connectivity index (χ1n) is 5.24. The number of benzene rings is 2. The van der Waals surface area contributed by atoms with E-state index in [1.807, 2.05) is 12.1 Å². The molecule has 0 spiro atoms. The van der Waals surface area contributed by atoms with Gasteiger partial charge in [-0.2, -0.15) is 0 Å². The van der Waals surface area contributed by atoms with Gasteiger partial charge in [0, 0.05) is 11.3 Å². The Balaban J connectivity index is 0.000000180. The molecule has 0 radical (unpaired) electrons. The zero-order chi connectivity index (χ0) is 13.4. The van der Waals surface area contributed by atoms with Gasteiger partial charge in [-0.25, -0.2) is 4.79 Å². The van der Waals surface area contributed by atoms with Crippen molar-refractivity contribution in [3.8, 4) is 12.3 Å². The van der Waals surface area contributed by atoms with Crippen molar-refractivity contribution in [2.24, 2.45) is 0 Å². The quantitative estimate of drug-likeness (QED) is 0.594. The third-order valence-corrected chi connectivity index (χ3v) is 2.10. The molecule has 3 nitrogen and oxygen atoms in total. The number of anilines is 1. The van der Waals surface area contributed by atoms with E-state index in [1.54, 1.807) is 42.5 Å². The van der Waals surface area contributed by atoms with Gasteiger partial charge in [0.25, 0.3) is 0 Å². The highest BCUT2D eigenvalue weighted by molar-refractivity contribution is 5.87. The first kappa shape index (κ1) is 13.3. The van der Waals surface area contributed by atoms with Crippen LogP contribution in [0.15, 0.2) is 54.6 Å². The summed E-state index contributed by atoms with van der Waals surface area (Å²) in [4.78, 5) is 10.2. The SMILES string of the molecule is C#Cc1ccc(N)cc1.O=C(O)c1ccccc1. The van der Waals surface area contributed by atoms with E-state index in [4.69, 9.17) is 17.3 Å². The van der Waals surface area contributed by atoms with Crippen LogP contribution in [0, 0.1) is 12.3 Å². The summed E-state index contributed by atoms with van der Waals surface area (Å²) in [6, 6.07) is 15.5. The molecule has 0 fully saturated rings. The van der Waals surface area contributed by atoms with Crippen LogP contribution in [0.2, 0.25) is 0 Å². The van der Waals surface area contributed by atoms with Crippen LogP contribution < -0.4 is 5.73 Å². The number of carboxylic acids is 1. The van der Waals surface area contributed by atoms with Gasteiger partial charge < -0.3 is 10.8 Å². The van der Waals surface area contributed by atoms with Gasteiger partial charge in [-0.05, 0) is 36.4 Å². The minimum absolute atomic E-state index is 0.331. The van der Waals surface area contributed by atoms with Gasteiger partial charge in [0.15, 0.2) is 0 Å². The molecule has 3 N–H and O–H groups in total. The maximum Gasteiger partial charge on any atom is 0.335 e. The molecule has 2 rings (SSSR count). The van der Waals surface area contributed by atoms with Crippen LogP contribution in [0.4, 0.5) is 5.69 Å². The Morgan fingerprint density at radius 3 is 2.00 bits per heavy atom. The zero-order valence-electron chi connectivity index (χ0n) is 9.71. The molecule has 0 aliphatic heterocycles. The first-order valence-corrected chi connectivity index (χ1v) is 5.24. The van der Waals surface area contributed by atoms with Crippen molar-refractivity contribution in [3.05, 3.63) is 65.7 Å². The summed E-state index contributed by atoms with van der Waals surface area (Å²) >= 11 is 0. The highest BCUT2D eigenvalue weighted by Gasteiger charge is 1.96. The van der Waals surface area contributed by atoms with Crippen LogP contribution in [0.3, 0.4) is 0 Å². The summed E-state index contributed by atoms with van der Waals surface area (Å²) in [6.07, 6.45) is 5.11. The number of terminal acetylenes is 1. The van der Waals surface area contributed by atoms with Crippen LogP contribution >= 0.6 is 0 Å². The maximum absolute atomic E-state index is 10.2. The third kappa shape index (κ3) is 4.42. The van der Waals surface area contributed by atoms with Crippen molar-refractivity contribution >= 4 is 11.7 Å². The van der Waals surface area contributed by atoms with E-state index in [9.17, 15) is 4.79 Å². The fraction of sp³-hybridized carbons (Fsp3) is 0. The maximum atomic E-state index is 10.2. The standard InChI is InChI=1S/C8H7N.C7H6O2/c1-2-7-3-5-8(9)6-4-7;8-7(9)6-4-2-1-3-5-6/h1,3-6H,9H2;1-5H,(H,8,9). The van der Waals surface area contributed by atoms with Crippen molar-refractivity contribution in [2.75, 3.05) is 5.73 Å². The van der Waals surface area contributed by atoms with E-state index >= 15 is 0 Å². The smallest absolute Gasteiger partial charge is 0.335 e. The number of hydrogen-bond acceptors (Lipinski definition) is 2. The second-order valence-corrected chi connectivity index (χ2v) is 3.44. The molecule has 0 atom stereocenters. The molecule has 18 heavy (non-hydrogen) atoms. The Hall–Kier alpha value is -2.73. The van der Waals surface area contributed by atoms with Crippen molar-refractivity contribution in [1.29, 1.82) is 0 Å². The van der Waals surface area contributed by atoms with Crippen LogP contribution in [-0.2, 0) is 0 Å². The van der Waals surface area contributed by atoms with Gasteiger partial charge in [0.05, 0.1) is 5.56 Å². The van der Waals surface area contributed by atoms with E-state index in [2.05, 4.69) is 5.92 Å². The zero-order valence-corrected chi connectivity index (χ0v) is 9.71. The lowest BCUT2D eigenvalue weighted by atomic mass is 10.2. The fourth-order valence-electron chi connectivity index (χ4n) is 1.16. The summed E-state index contributed by atoms with van der Waals surface area (Å²) in [6.45, 7) is 0. The molecule has 0 aliphatic rings. The number of nitrogens with two attached hydrogens (primary N) is 1. The Labute approximate surface area is 106 Å². The Morgan fingerprint density at radius 1 is 1.06 bits per heavy atom. The lowest BCUT2D eigenvalue weighted by molar-refractivity contribution is 0.0697. The van der Waals surface area contributed by atoms with Gasteiger partial charge >= 0.3 is 5.97 Å². The van der Waals surface area contributed by atoms with Crippen molar-refractivity contribution in [2.45, 2.75) is 0 Å². The third-order valence-electron chi connectivity index (χ3n) is 2.10. The average molecular weight is 239 g/mol. The van der Waals surface area contributed by atoms with Gasteiger partial charge in [-0.1, -0.05) is 24.1 Å². The molecule has 0 unspecified atom stereocenters. The van der Waals surface area contributed by atoms with E-state index in [1.165, 1.54) is 0 Å². The van der Waals surface area contributed by atoms with E-state index < -0.39 is 5.97 Å². The van der Waals surface area contributed by atoms with Gasteiger partial charge in [-0.15, -0.1) is 6.42 Å². The fourth-order valence-corrected chi connectivity index (χ4v) is 1.16. The molecule has 0 aromatic heterocycles. The van der Waals surface area contributed by atoms with Crippen LogP contribution in [0.5, 0.6) is 0 Å².